The van der Waals surface area contributed by atoms with E-state index in [1.54, 1.807) is 26.4 Å². The summed E-state index contributed by atoms with van der Waals surface area (Å²) in [4.78, 5) is 35.7. The normalized spacial score (nSPS) is 22.7. The number of carbonyl (C=O) groups is 2. The minimum atomic E-state index is -0.784. The van der Waals surface area contributed by atoms with Crippen molar-refractivity contribution in [2.45, 2.75) is 45.4 Å². The van der Waals surface area contributed by atoms with E-state index in [9.17, 15) is 14.7 Å². The molecule has 142 valence electrons. The van der Waals surface area contributed by atoms with E-state index in [0.29, 0.717) is 38.5 Å². The molecule has 2 aliphatic heterocycles. The number of ether oxygens (including phenoxy) is 1. The number of hydrogen-bond acceptors (Lipinski definition) is 6. The van der Waals surface area contributed by atoms with Crippen molar-refractivity contribution < 1.29 is 19.4 Å². The number of likely N-dealkylation sites (tertiary alicyclic amines) is 2. The molecule has 3 rings (SSSR count). The van der Waals surface area contributed by atoms with Crippen molar-refractivity contribution >= 4 is 11.9 Å². The van der Waals surface area contributed by atoms with E-state index in [4.69, 9.17) is 4.74 Å². The molecule has 0 bridgehead atoms. The number of nitrogens with zero attached hydrogens (tertiary/aromatic N) is 4. The van der Waals surface area contributed by atoms with Crippen LogP contribution in [0.3, 0.4) is 0 Å². The summed E-state index contributed by atoms with van der Waals surface area (Å²) in [7, 11) is 1.59. The first-order valence-electron chi connectivity index (χ1n) is 8.93. The first kappa shape index (κ1) is 18.7. The van der Waals surface area contributed by atoms with Gasteiger partial charge in [0.15, 0.2) is 5.82 Å². The van der Waals surface area contributed by atoms with Gasteiger partial charge in [-0.1, -0.05) is 0 Å². The highest BCUT2D eigenvalue weighted by atomic mass is 16.5. The number of carboxylic acids is 1. The Morgan fingerprint density at radius 3 is 2.50 bits per heavy atom. The summed E-state index contributed by atoms with van der Waals surface area (Å²) < 4.78 is 5.01. The molecule has 1 atom stereocenters. The van der Waals surface area contributed by atoms with E-state index < -0.39 is 12.0 Å². The quantitative estimate of drug-likeness (QED) is 0.832. The van der Waals surface area contributed by atoms with Crippen LogP contribution in [0.1, 0.15) is 37.6 Å². The molecule has 1 aromatic heterocycles. The average molecular weight is 362 g/mol. The molecule has 1 aromatic rings. The van der Waals surface area contributed by atoms with Gasteiger partial charge in [-0.25, -0.2) is 9.97 Å². The summed E-state index contributed by atoms with van der Waals surface area (Å²) in [5.74, 6) is -0.0777. The van der Waals surface area contributed by atoms with Gasteiger partial charge >= 0.3 is 5.97 Å². The lowest BCUT2D eigenvalue weighted by atomic mass is 9.76. The van der Waals surface area contributed by atoms with E-state index in [0.717, 1.165) is 24.9 Å². The number of piperidine rings is 1. The standard InChI is InChI=1S/C18H26N4O4/c1-13(23)21-5-3-18(4-6-21)7-15(17(24)25)22(12-18)10-14-8-19-16(11-26-2)20-9-14/h8-9,15H,3-7,10-12H2,1-2H3,(H,24,25)/t15-/m0/s1. The molecule has 2 aliphatic rings. The predicted molar refractivity (Wildman–Crippen MR) is 93.1 cm³/mol. The second kappa shape index (κ2) is 7.67. The number of aromatic nitrogens is 2. The fourth-order valence-electron chi connectivity index (χ4n) is 4.11. The summed E-state index contributed by atoms with van der Waals surface area (Å²) in [5, 5.41) is 9.68. The second-order valence-corrected chi connectivity index (χ2v) is 7.41. The fourth-order valence-corrected chi connectivity index (χ4v) is 4.11. The molecular weight excluding hydrogens is 336 g/mol. The molecule has 0 radical (unpaired) electrons. The van der Waals surface area contributed by atoms with Gasteiger partial charge in [0.05, 0.1) is 0 Å². The zero-order valence-electron chi connectivity index (χ0n) is 15.3. The maximum absolute atomic E-state index is 11.8. The summed E-state index contributed by atoms with van der Waals surface area (Å²) in [5.41, 5.74) is 0.876. The van der Waals surface area contributed by atoms with Crippen molar-refractivity contribution in [1.82, 2.24) is 19.8 Å². The van der Waals surface area contributed by atoms with Crippen LogP contribution < -0.4 is 0 Å². The molecular formula is C18H26N4O4. The lowest BCUT2D eigenvalue weighted by Crippen LogP contribution is -2.43. The molecule has 1 amide bonds. The summed E-state index contributed by atoms with van der Waals surface area (Å²) in [6, 6.07) is -0.502. The minimum absolute atomic E-state index is 0.0220. The van der Waals surface area contributed by atoms with Gasteiger partial charge in [-0.05, 0) is 24.7 Å². The molecule has 3 heterocycles. The zero-order valence-corrected chi connectivity index (χ0v) is 15.3. The van der Waals surface area contributed by atoms with Gasteiger partial charge in [-0.3, -0.25) is 14.5 Å². The number of methoxy groups -OCH3 is 1. The third-order valence-electron chi connectivity index (χ3n) is 5.58. The Morgan fingerprint density at radius 1 is 1.31 bits per heavy atom. The summed E-state index contributed by atoms with van der Waals surface area (Å²) >= 11 is 0. The van der Waals surface area contributed by atoms with Crippen LogP contribution in [0.25, 0.3) is 0 Å². The van der Waals surface area contributed by atoms with Gasteiger partial charge in [-0.15, -0.1) is 0 Å². The lowest BCUT2D eigenvalue weighted by molar-refractivity contribution is -0.142. The fraction of sp³-hybridized carbons (Fsp3) is 0.667. The third-order valence-corrected chi connectivity index (χ3v) is 5.58. The predicted octanol–water partition coefficient (Wildman–Crippen LogP) is 0.911. The second-order valence-electron chi connectivity index (χ2n) is 7.41. The molecule has 1 N–H and O–H groups in total. The first-order chi connectivity index (χ1) is 12.4. The minimum Gasteiger partial charge on any atom is -0.480 e. The van der Waals surface area contributed by atoms with E-state index in [-0.39, 0.29) is 11.3 Å². The van der Waals surface area contributed by atoms with E-state index in [1.807, 2.05) is 9.80 Å². The molecule has 0 aliphatic carbocycles. The lowest BCUT2D eigenvalue weighted by Gasteiger charge is -2.39. The highest BCUT2D eigenvalue weighted by molar-refractivity contribution is 5.74. The molecule has 8 nitrogen and oxygen atoms in total. The molecule has 0 saturated carbocycles. The zero-order chi connectivity index (χ0) is 18.7. The maximum Gasteiger partial charge on any atom is 0.320 e. The smallest absolute Gasteiger partial charge is 0.320 e. The van der Waals surface area contributed by atoms with Crippen LogP contribution in [-0.2, 0) is 27.5 Å². The van der Waals surface area contributed by atoms with Crippen LogP contribution in [-0.4, -0.2) is 69.5 Å². The number of hydrogen-bond donors (Lipinski definition) is 1. The number of aliphatic carboxylic acids is 1. The van der Waals surface area contributed by atoms with Crippen LogP contribution in [0.2, 0.25) is 0 Å². The molecule has 2 fully saturated rings. The number of carboxylic acid groups (broad SMARTS) is 1. The van der Waals surface area contributed by atoms with Gasteiger partial charge in [0.25, 0.3) is 0 Å². The number of carbonyl (C=O) groups excluding carboxylic acids is 1. The maximum atomic E-state index is 11.8. The van der Waals surface area contributed by atoms with Crippen molar-refractivity contribution in [3.63, 3.8) is 0 Å². The molecule has 1 spiro atoms. The van der Waals surface area contributed by atoms with Gasteiger partial charge in [0, 0.05) is 58.2 Å². The van der Waals surface area contributed by atoms with Crippen molar-refractivity contribution in [2.75, 3.05) is 26.7 Å². The summed E-state index contributed by atoms with van der Waals surface area (Å²) in [6.07, 6.45) is 5.83. The van der Waals surface area contributed by atoms with E-state index >= 15 is 0 Å². The van der Waals surface area contributed by atoms with Crippen molar-refractivity contribution in [1.29, 1.82) is 0 Å². The van der Waals surface area contributed by atoms with Crippen molar-refractivity contribution in [3.05, 3.63) is 23.8 Å². The molecule has 2 saturated heterocycles. The van der Waals surface area contributed by atoms with Crippen LogP contribution >= 0.6 is 0 Å². The highest BCUT2D eigenvalue weighted by Gasteiger charge is 2.48. The molecule has 0 unspecified atom stereocenters. The van der Waals surface area contributed by atoms with E-state index in [1.165, 1.54) is 0 Å². The third kappa shape index (κ3) is 4.02. The Labute approximate surface area is 153 Å². The number of amides is 1. The van der Waals surface area contributed by atoms with Gasteiger partial charge in [0.1, 0.15) is 12.6 Å². The Hall–Kier alpha value is -2.06. The van der Waals surface area contributed by atoms with Crippen LogP contribution in [0.4, 0.5) is 0 Å². The topological polar surface area (TPSA) is 95.9 Å². The van der Waals surface area contributed by atoms with Gasteiger partial charge < -0.3 is 14.7 Å². The SMILES string of the molecule is COCc1ncc(CN2CC3(CCN(C(C)=O)CC3)C[C@H]2C(=O)O)cn1. The van der Waals surface area contributed by atoms with E-state index in [2.05, 4.69) is 9.97 Å². The Morgan fingerprint density at radius 2 is 1.96 bits per heavy atom. The molecule has 26 heavy (non-hydrogen) atoms. The Kier molecular flexibility index (Phi) is 5.52. The van der Waals surface area contributed by atoms with Crippen molar-refractivity contribution in [3.8, 4) is 0 Å². The molecule has 8 heteroatoms. The molecule has 0 aromatic carbocycles. The monoisotopic (exact) mass is 362 g/mol. The largest absolute Gasteiger partial charge is 0.480 e. The Balaban J connectivity index is 1.68. The van der Waals surface area contributed by atoms with Crippen molar-refractivity contribution in [2.24, 2.45) is 5.41 Å². The van der Waals surface area contributed by atoms with Gasteiger partial charge in [0.2, 0.25) is 5.91 Å². The average Bonchev–Trinajstić information content (AvgIpc) is 2.95. The summed E-state index contributed by atoms with van der Waals surface area (Å²) in [6.45, 7) is 4.62. The highest BCUT2D eigenvalue weighted by Crippen LogP contribution is 2.43. The van der Waals surface area contributed by atoms with Crippen LogP contribution in [0.5, 0.6) is 0 Å². The van der Waals surface area contributed by atoms with Crippen LogP contribution in [0.15, 0.2) is 12.4 Å². The first-order valence-corrected chi connectivity index (χ1v) is 8.93. The van der Waals surface area contributed by atoms with Crippen LogP contribution in [0, 0.1) is 5.41 Å². The Bertz CT molecular complexity index is 656. The van der Waals surface area contributed by atoms with Gasteiger partial charge in [-0.2, -0.15) is 0 Å². The number of rotatable bonds is 5.